The number of rotatable bonds is 6. The van der Waals surface area contributed by atoms with Gasteiger partial charge in [-0.15, -0.1) is 0 Å². The summed E-state index contributed by atoms with van der Waals surface area (Å²) in [6, 6.07) is 10.7. The molecule has 0 aliphatic heterocycles. The van der Waals surface area contributed by atoms with Crippen molar-refractivity contribution in [3.05, 3.63) is 58.7 Å². The number of carbonyl (C=O) groups excluding carboxylic acids is 1. The number of amides is 1. The van der Waals surface area contributed by atoms with Crippen molar-refractivity contribution in [3.63, 3.8) is 0 Å². The zero-order valence-corrected chi connectivity index (χ0v) is 14.9. The summed E-state index contributed by atoms with van der Waals surface area (Å²) in [7, 11) is 0. The van der Waals surface area contributed by atoms with E-state index in [2.05, 4.69) is 5.32 Å². The molecule has 0 aromatic heterocycles. The molecule has 2 aromatic rings. The summed E-state index contributed by atoms with van der Waals surface area (Å²) in [4.78, 5) is 23.7. The maximum absolute atomic E-state index is 12.4. The van der Waals surface area contributed by atoms with Gasteiger partial charge in [0, 0.05) is 11.3 Å². The average Bonchev–Trinajstić information content (AvgIpc) is 2.51. The Labute approximate surface area is 147 Å². The standard InChI is InChI=1S/C20H23NO4/c1-12(2)25-18-8-6-5-7-15(18)10-19(22)21-17-11-16(20(23)24)13(3)9-14(17)4/h5-9,11-12H,10H2,1-4H3,(H,21,22)(H,23,24). The van der Waals surface area contributed by atoms with Crippen molar-refractivity contribution >= 4 is 17.6 Å². The highest BCUT2D eigenvalue weighted by Gasteiger charge is 2.14. The lowest BCUT2D eigenvalue weighted by molar-refractivity contribution is -0.115. The van der Waals surface area contributed by atoms with E-state index in [0.29, 0.717) is 17.0 Å². The van der Waals surface area contributed by atoms with Crippen molar-refractivity contribution in [1.82, 2.24) is 0 Å². The molecule has 2 rings (SSSR count). The lowest BCUT2D eigenvalue weighted by Gasteiger charge is -2.15. The van der Waals surface area contributed by atoms with Crippen LogP contribution in [0, 0.1) is 13.8 Å². The third-order valence-corrected chi connectivity index (χ3v) is 3.76. The summed E-state index contributed by atoms with van der Waals surface area (Å²) < 4.78 is 5.73. The lowest BCUT2D eigenvalue weighted by atomic mass is 10.0. The number of aryl methyl sites for hydroxylation is 2. The van der Waals surface area contributed by atoms with Gasteiger partial charge in [0.05, 0.1) is 18.1 Å². The molecule has 0 bridgehead atoms. The minimum absolute atomic E-state index is 0.0154. The normalized spacial score (nSPS) is 10.6. The van der Waals surface area contributed by atoms with Crippen LogP contribution in [0.25, 0.3) is 0 Å². The van der Waals surface area contributed by atoms with Crippen molar-refractivity contribution in [3.8, 4) is 5.75 Å². The fraction of sp³-hybridized carbons (Fsp3) is 0.300. The second-order valence-corrected chi connectivity index (χ2v) is 6.29. The number of carboxylic acids is 1. The molecule has 0 radical (unpaired) electrons. The summed E-state index contributed by atoms with van der Waals surface area (Å²) >= 11 is 0. The largest absolute Gasteiger partial charge is 0.491 e. The Morgan fingerprint density at radius 2 is 1.80 bits per heavy atom. The number of hydrogen-bond acceptors (Lipinski definition) is 3. The van der Waals surface area contributed by atoms with Gasteiger partial charge < -0.3 is 15.2 Å². The zero-order chi connectivity index (χ0) is 18.6. The van der Waals surface area contributed by atoms with E-state index in [4.69, 9.17) is 4.74 Å². The molecule has 0 saturated carbocycles. The van der Waals surface area contributed by atoms with E-state index in [1.807, 2.05) is 45.0 Å². The molecule has 132 valence electrons. The van der Waals surface area contributed by atoms with Gasteiger partial charge in [-0.05, 0) is 51.0 Å². The van der Waals surface area contributed by atoms with Crippen molar-refractivity contribution in [2.45, 2.75) is 40.2 Å². The molecule has 0 fully saturated rings. The smallest absolute Gasteiger partial charge is 0.336 e. The second kappa shape index (κ2) is 7.83. The number of carbonyl (C=O) groups is 2. The predicted molar refractivity (Wildman–Crippen MR) is 97.4 cm³/mol. The van der Waals surface area contributed by atoms with Gasteiger partial charge in [-0.3, -0.25) is 4.79 Å². The Hall–Kier alpha value is -2.82. The molecule has 0 unspecified atom stereocenters. The molecule has 0 aliphatic rings. The molecule has 2 aromatic carbocycles. The van der Waals surface area contributed by atoms with Gasteiger partial charge in [0.2, 0.25) is 5.91 Å². The summed E-state index contributed by atoms with van der Waals surface area (Å²) in [6.07, 6.45) is 0.167. The molecule has 0 heterocycles. The molecule has 0 aliphatic carbocycles. The highest BCUT2D eigenvalue weighted by Crippen LogP contribution is 2.23. The first-order chi connectivity index (χ1) is 11.8. The summed E-state index contributed by atoms with van der Waals surface area (Å²) in [5.41, 5.74) is 2.97. The van der Waals surface area contributed by atoms with Gasteiger partial charge in [0.25, 0.3) is 0 Å². The topological polar surface area (TPSA) is 75.6 Å². The first-order valence-electron chi connectivity index (χ1n) is 8.17. The number of carboxylic acid groups (broad SMARTS) is 1. The first kappa shape index (κ1) is 18.5. The number of anilines is 1. The first-order valence-corrected chi connectivity index (χ1v) is 8.17. The fourth-order valence-electron chi connectivity index (χ4n) is 2.60. The summed E-state index contributed by atoms with van der Waals surface area (Å²) in [6.45, 7) is 7.44. The zero-order valence-electron chi connectivity index (χ0n) is 14.9. The van der Waals surface area contributed by atoms with Crippen LogP contribution in [0.15, 0.2) is 36.4 Å². The molecule has 0 spiro atoms. The Bertz CT molecular complexity index is 796. The van der Waals surface area contributed by atoms with E-state index in [0.717, 1.165) is 11.1 Å². The maximum Gasteiger partial charge on any atom is 0.336 e. The molecule has 1 amide bonds. The van der Waals surface area contributed by atoms with Gasteiger partial charge in [-0.25, -0.2) is 4.79 Å². The third kappa shape index (κ3) is 4.83. The van der Waals surface area contributed by atoms with Crippen molar-refractivity contribution < 1.29 is 19.4 Å². The highest BCUT2D eigenvalue weighted by atomic mass is 16.5. The molecule has 0 saturated heterocycles. The van der Waals surface area contributed by atoms with Crippen LogP contribution >= 0.6 is 0 Å². The van der Waals surface area contributed by atoms with E-state index in [-0.39, 0.29) is 24.0 Å². The van der Waals surface area contributed by atoms with E-state index in [9.17, 15) is 14.7 Å². The highest BCUT2D eigenvalue weighted by molar-refractivity contribution is 5.96. The number of nitrogens with one attached hydrogen (secondary N) is 1. The van der Waals surface area contributed by atoms with Gasteiger partial charge in [0.1, 0.15) is 5.75 Å². The van der Waals surface area contributed by atoms with E-state index in [1.54, 1.807) is 13.0 Å². The Morgan fingerprint density at radius 3 is 2.44 bits per heavy atom. The van der Waals surface area contributed by atoms with Crippen molar-refractivity contribution in [1.29, 1.82) is 0 Å². The van der Waals surface area contributed by atoms with Gasteiger partial charge >= 0.3 is 5.97 Å². The number of hydrogen-bond donors (Lipinski definition) is 2. The van der Waals surface area contributed by atoms with E-state index in [1.165, 1.54) is 6.07 Å². The van der Waals surface area contributed by atoms with E-state index >= 15 is 0 Å². The van der Waals surface area contributed by atoms with Crippen LogP contribution in [-0.4, -0.2) is 23.1 Å². The lowest BCUT2D eigenvalue weighted by Crippen LogP contribution is -2.17. The molecule has 2 N–H and O–H groups in total. The molecule has 5 nitrogen and oxygen atoms in total. The Morgan fingerprint density at radius 1 is 1.12 bits per heavy atom. The predicted octanol–water partition coefficient (Wildman–Crippen LogP) is 3.97. The van der Waals surface area contributed by atoms with Gasteiger partial charge in [-0.2, -0.15) is 0 Å². The third-order valence-electron chi connectivity index (χ3n) is 3.76. The number of para-hydroxylation sites is 1. The molecular weight excluding hydrogens is 318 g/mol. The molecule has 0 atom stereocenters. The van der Waals surface area contributed by atoms with Crippen LogP contribution in [0.5, 0.6) is 5.75 Å². The number of ether oxygens (including phenoxy) is 1. The molecular formula is C20H23NO4. The number of aromatic carboxylic acids is 1. The quantitative estimate of drug-likeness (QED) is 0.833. The van der Waals surface area contributed by atoms with Crippen LogP contribution in [0.2, 0.25) is 0 Å². The van der Waals surface area contributed by atoms with Gasteiger partial charge in [-0.1, -0.05) is 24.3 Å². The van der Waals surface area contributed by atoms with Crippen molar-refractivity contribution in [2.24, 2.45) is 0 Å². The summed E-state index contributed by atoms with van der Waals surface area (Å²) in [5.74, 6) is -0.550. The molecule has 5 heteroatoms. The minimum atomic E-state index is -1.01. The Balaban J connectivity index is 2.19. The monoisotopic (exact) mass is 341 g/mol. The Kier molecular flexibility index (Phi) is 5.80. The van der Waals surface area contributed by atoms with Crippen LogP contribution < -0.4 is 10.1 Å². The fourth-order valence-corrected chi connectivity index (χ4v) is 2.60. The van der Waals surface area contributed by atoms with Crippen molar-refractivity contribution in [2.75, 3.05) is 5.32 Å². The van der Waals surface area contributed by atoms with Crippen LogP contribution in [-0.2, 0) is 11.2 Å². The maximum atomic E-state index is 12.4. The van der Waals surface area contributed by atoms with Crippen LogP contribution in [0.1, 0.15) is 40.9 Å². The minimum Gasteiger partial charge on any atom is -0.491 e. The summed E-state index contributed by atoms with van der Waals surface area (Å²) in [5, 5.41) is 12.0. The van der Waals surface area contributed by atoms with E-state index < -0.39 is 5.97 Å². The van der Waals surface area contributed by atoms with Gasteiger partial charge in [0.15, 0.2) is 0 Å². The second-order valence-electron chi connectivity index (χ2n) is 6.29. The van der Waals surface area contributed by atoms with Crippen LogP contribution in [0.3, 0.4) is 0 Å². The number of benzene rings is 2. The molecule has 25 heavy (non-hydrogen) atoms. The average molecular weight is 341 g/mol. The SMILES string of the molecule is Cc1cc(C)c(C(=O)O)cc1NC(=O)Cc1ccccc1OC(C)C. The van der Waals surface area contributed by atoms with Crippen LogP contribution in [0.4, 0.5) is 5.69 Å².